The molecule has 0 saturated carbocycles. The zero-order valence-corrected chi connectivity index (χ0v) is 16.7. The number of nitrogens with zero attached hydrogens (tertiary/aromatic N) is 3. The van der Waals surface area contributed by atoms with Crippen molar-refractivity contribution in [2.75, 3.05) is 7.11 Å². The first kappa shape index (κ1) is 18.9. The fourth-order valence-corrected chi connectivity index (χ4v) is 3.49. The lowest BCUT2D eigenvalue weighted by Gasteiger charge is -2.05. The largest absolute Gasteiger partial charge is 0.497 e. The molecule has 0 spiro atoms. The van der Waals surface area contributed by atoms with Crippen LogP contribution in [0.5, 0.6) is 5.75 Å². The van der Waals surface area contributed by atoms with Gasteiger partial charge in [-0.15, -0.1) is 0 Å². The van der Waals surface area contributed by atoms with Crippen LogP contribution in [-0.4, -0.2) is 27.2 Å². The number of hydrogen-bond donors (Lipinski definition) is 1. The fourth-order valence-electron chi connectivity index (χ4n) is 2.78. The summed E-state index contributed by atoms with van der Waals surface area (Å²) in [7, 11) is 1.60. The van der Waals surface area contributed by atoms with Crippen molar-refractivity contribution in [2.45, 2.75) is 17.8 Å². The zero-order valence-electron chi connectivity index (χ0n) is 15.9. The lowest BCUT2D eigenvalue weighted by atomic mass is 10.1. The van der Waals surface area contributed by atoms with Gasteiger partial charge in [0.2, 0.25) is 11.7 Å². The molecule has 0 atom stereocenters. The van der Waals surface area contributed by atoms with Crippen molar-refractivity contribution < 1.29 is 9.26 Å². The third-order valence-corrected chi connectivity index (χ3v) is 5.02. The molecule has 0 aliphatic rings. The average molecular weight is 406 g/mol. The van der Waals surface area contributed by atoms with Crippen molar-refractivity contribution in [3.05, 3.63) is 76.4 Å². The van der Waals surface area contributed by atoms with Crippen LogP contribution in [0, 0.1) is 6.92 Å². The summed E-state index contributed by atoms with van der Waals surface area (Å²) in [5.41, 5.74) is 3.17. The monoisotopic (exact) mass is 406 g/mol. The molecule has 0 radical (unpaired) electrons. The van der Waals surface area contributed by atoms with Crippen molar-refractivity contribution in [3.8, 4) is 28.4 Å². The number of aromatic nitrogens is 4. The Balaban J connectivity index is 1.52. The molecule has 0 saturated heterocycles. The van der Waals surface area contributed by atoms with Crippen LogP contribution >= 0.6 is 11.8 Å². The Morgan fingerprint density at radius 1 is 1.07 bits per heavy atom. The number of H-pyrrole nitrogens is 1. The Kier molecular flexibility index (Phi) is 5.44. The van der Waals surface area contributed by atoms with Crippen LogP contribution in [0.4, 0.5) is 0 Å². The van der Waals surface area contributed by atoms with Crippen LogP contribution in [0.3, 0.4) is 0 Å². The Bertz CT molecular complexity index is 1200. The molecule has 7 nitrogen and oxygen atoms in total. The van der Waals surface area contributed by atoms with Gasteiger partial charge < -0.3 is 14.2 Å². The number of thioether (sulfide) groups is 1. The number of methoxy groups -OCH3 is 1. The summed E-state index contributed by atoms with van der Waals surface area (Å²) in [5.74, 6) is 2.09. The van der Waals surface area contributed by atoms with Crippen molar-refractivity contribution >= 4 is 11.8 Å². The fraction of sp³-hybridized carbons (Fsp3) is 0.143. The summed E-state index contributed by atoms with van der Waals surface area (Å²) in [6.45, 7) is 2.01. The van der Waals surface area contributed by atoms with E-state index < -0.39 is 0 Å². The van der Waals surface area contributed by atoms with Gasteiger partial charge in [-0.3, -0.25) is 4.79 Å². The normalized spacial score (nSPS) is 10.8. The van der Waals surface area contributed by atoms with E-state index in [1.54, 1.807) is 7.11 Å². The Labute approximate surface area is 171 Å². The Morgan fingerprint density at radius 2 is 1.90 bits per heavy atom. The summed E-state index contributed by atoms with van der Waals surface area (Å²) in [5, 5.41) is 4.51. The Hall–Kier alpha value is -3.39. The van der Waals surface area contributed by atoms with E-state index in [2.05, 4.69) is 20.1 Å². The van der Waals surface area contributed by atoms with Gasteiger partial charge in [-0.1, -0.05) is 52.8 Å². The van der Waals surface area contributed by atoms with E-state index in [1.807, 2.05) is 55.5 Å². The number of aromatic amines is 1. The molecule has 146 valence electrons. The topological polar surface area (TPSA) is 93.9 Å². The maximum Gasteiger partial charge on any atom is 0.252 e. The molecule has 4 aromatic rings. The van der Waals surface area contributed by atoms with Crippen LogP contribution in [0.1, 0.15) is 11.5 Å². The van der Waals surface area contributed by atoms with E-state index in [4.69, 9.17) is 9.26 Å². The van der Waals surface area contributed by atoms with E-state index in [9.17, 15) is 4.79 Å². The van der Waals surface area contributed by atoms with Crippen molar-refractivity contribution in [1.82, 2.24) is 20.1 Å². The van der Waals surface area contributed by atoms with Gasteiger partial charge in [-0.2, -0.15) is 4.98 Å². The summed E-state index contributed by atoms with van der Waals surface area (Å²) < 4.78 is 10.6. The summed E-state index contributed by atoms with van der Waals surface area (Å²) in [6, 6.07) is 16.8. The van der Waals surface area contributed by atoms with Gasteiger partial charge >= 0.3 is 0 Å². The Morgan fingerprint density at radius 3 is 2.72 bits per heavy atom. The third-order valence-electron chi connectivity index (χ3n) is 4.16. The van der Waals surface area contributed by atoms with Crippen molar-refractivity contribution in [1.29, 1.82) is 0 Å². The van der Waals surface area contributed by atoms with E-state index in [0.717, 1.165) is 16.7 Å². The number of hydrogen-bond acceptors (Lipinski definition) is 7. The summed E-state index contributed by atoms with van der Waals surface area (Å²) in [4.78, 5) is 23.8. The zero-order chi connectivity index (χ0) is 20.2. The molecule has 0 aliphatic carbocycles. The highest BCUT2D eigenvalue weighted by molar-refractivity contribution is 7.98. The maximum absolute atomic E-state index is 12.1. The van der Waals surface area contributed by atoms with E-state index in [1.165, 1.54) is 17.8 Å². The number of benzene rings is 2. The second kappa shape index (κ2) is 8.32. The second-order valence-corrected chi connectivity index (χ2v) is 7.30. The quantitative estimate of drug-likeness (QED) is 0.381. The molecule has 2 heterocycles. The number of ether oxygens (including phenoxy) is 1. The van der Waals surface area contributed by atoms with Crippen LogP contribution in [0.15, 0.2) is 69.1 Å². The molecule has 2 aromatic heterocycles. The number of rotatable bonds is 6. The molecular weight excluding hydrogens is 388 g/mol. The average Bonchev–Trinajstić information content (AvgIpc) is 3.21. The van der Waals surface area contributed by atoms with Gasteiger partial charge in [0.25, 0.3) is 5.56 Å². The molecule has 29 heavy (non-hydrogen) atoms. The molecule has 0 unspecified atom stereocenters. The number of aryl methyl sites for hydroxylation is 1. The van der Waals surface area contributed by atoms with Gasteiger partial charge in [0.05, 0.1) is 18.6 Å². The van der Waals surface area contributed by atoms with Crippen LogP contribution in [0.25, 0.3) is 22.6 Å². The summed E-state index contributed by atoms with van der Waals surface area (Å²) in [6.07, 6.45) is 0. The minimum Gasteiger partial charge on any atom is -0.497 e. The highest BCUT2D eigenvalue weighted by atomic mass is 32.2. The molecule has 0 fully saturated rings. The molecule has 4 rings (SSSR count). The minimum absolute atomic E-state index is 0.230. The van der Waals surface area contributed by atoms with Crippen LogP contribution in [-0.2, 0) is 5.75 Å². The van der Waals surface area contributed by atoms with Gasteiger partial charge in [-0.25, -0.2) is 4.98 Å². The molecule has 0 aliphatic heterocycles. The SMILES string of the molecule is COc1cccc(-c2cc(=O)[nH]c(SCc3nc(-c4cccc(C)c4)no3)n2)c1. The molecule has 2 aromatic carbocycles. The molecule has 1 N–H and O–H groups in total. The van der Waals surface area contributed by atoms with Crippen molar-refractivity contribution in [2.24, 2.45) is 0 Å². The predicted octanol–water partition coefficient (Wildman–Crippen LogP) is 4.10. The second-order valence-electron chi connectivity index (χ2n) is 6.34. The van der Waals surface area contributed by atoms with Crippen molar-refractivity contribution in [3.63, 3.8) is 0 Å². The lowest BCUT2D eigenvalue weighted by molar-refractivity contribution is 0.391. The molecule has 0 amide bonds. The summed E-state index contributed by atoms with van der Waals surface area (Å²) >= 11 is 1.32. The standard InChI is InChI=1S/C21H18N4O3S/c1-13-5-3-7-15(9-13)20-24-19(28-25-20)12-29-21-22-17(11-18(26)23-21)14-6-4-8-16(10-14)27-2/h3-11H,12H2,1-2H3,(H,22,23,26). The lowest BCUT2D eigenvalue weighted by Crippen LogP contribution is -2.08. The minimum atomic E-state index is -0.230. The van der Waals surface area contributed by atoms with Crippen LogP contribution < -0.4 is 10.3 Å². The van der Waals surface area contributed by atoms with Gasteiger partial charge in [-0.05, 0) is 25.1 Å². The first-order chi connectivity index (χ1) is 14.1. The van der Waals surface area contributed by atoms with Gasteiger partial charge in [0.15, 0.2) is 5.16 Å². The highest BCUT2D eigenvalue weighted by Crippen LogP contribution is 2.25. The predicted molar refractivity (Wildman–Crippen MR) is 111 cm³/mol. The molecular formula is C21H18N4O3S. The maximum atomic E-state index is 12.1. The van der Waals surface area contributed by atoms with E-state index in [-0.39, 0.29) is 5.56 Å². The van der Waals surface area contributed by atoms with Gasteiger partial charge in [0, 0.05) is 17.2 Å². The third kappa shape index (κ3) is 4.55. The molecule has 8 heteroatoms. The van der Waals surface area contributed by atoms with E-state index >= 15 is 0 Å². The highest BCUT2D eigenvalue weighted by Gasteiger charge is 2.11. The number of nitrogens with one attached hydrogen (secondary N) is 1. The first-order valence-corrected chi connectivity index (χ1v) is 9.87. The van der Waals surface area contributed by atoms with Crippen LogP contribution in [0.2, 0.25) is 0 Å². The first-order valence-electron chi connectivity index (χ1n) is 8.89. The van der Waals surface area contributed by atoms with E-state index in [0.29, 0.717) is 34.1 Å². The molecule has 0 bridgehead atoms. The smallest absolute Gasteiger partial charge is 0.252 e. The van der Waals surface area contributed by atoms with Gasteiger partial charge in [0.1, 0.15) is 5.75 Å².